The number of H-pyrrole nitrogens is 1. The molecule has 0 saturated carbocycles. The molecule has 5 heteroatoms. The summed E-state index contributed by atoms with van der Waals surface area (Å²) in [6, 6.07) is 7.88. The van der Waals surface area contributed by atoms with Gasteiger partial charge >= 0.3 is 0 Å². The zero-order valence-corrected chi connectivity index (χ0v) is 12.2. The molecule has 19 heavy (non-hydrogen) atoms. The lowest BCUT2D eigenvalue weighted by Gasteiger charge is -2.21. The number of nitrogens with zero attached hydrogens (tertiary/aromatic N) is 2. The monoisotopic (exact) mass is 289 g/mol. The molecule has 1 aromatic carbocycles. The molecule has 2 heterocycles. The lowest BCUT2D eigenvalue weighted by molar-refractivity contribution is 0.588. The van der Waals surface area contributed by atoms with Gasteiger partial charge in [0.05, 0.1) is 22.7 Å². The van der Waals surface area contributed by atoms with Crippen molar-refractivity contribution < 1.29 is 0 Å². The van der Waals surface area contributed by atoms with E-state index in [0.717, 1.165) is 22.3 Å². The van der Waals surface area contributed by atoms with Gasteiger partial charge in [0.15, 0.2) is 4.77 Å². The first-order valence-corrected chi connectivity index (χ1v) is 7.98. The number of nitrogens with one attached hydrogen (secondary N) is 1. The molecule has 1 unspecified atom stereocenters. The summed E-state index contributed by atoms with van der Waals surface area (Å²) in [7, 11) is 0. The molecule has 3 nitrogen and oxygen atoms in total. The Labute approximate surface area is 121 Å². The Morgan fingerprint density at radius 1 is 1.47 bits per heavy atom. The van der Waals surface area contributed by atoms with E-state index in [2.05, 4.69) is 15.6 Å². The summed E-state index contributed by atoms with van der Waals surface area (Å²) in [6.07, 6.45) is 3.91. The number of thioether (sulfide) groups is 1. The minimum absolute atomic E-state index is 0.644. The first kappa shape index (κ1) is 12.8. The van der Waals surface area contributed by atoms with Gasteiger partial charge in [-0.15, -0.1) is 0 Å². The van der Waals surface area contributed by atoms with Crippen molar-refractivity contribution in [3.8, 4) is 6.07 Å². The smallest absolute Gasteiger partial charge is 0.178 e. The van der Waals surface area contributed by atoms with Gasteiger partial charge in [-0.05, 0) is 49.0 Å². The molecule has 1 saturated heterocycles. The largest absolute Gasteiger partial charge is 0.331 e. The third-order valence-corrected chi connectivity index (χ3v) is 5.27. The highest BCUT2D eigenvalue weighted by Gasteiger charge is 2.16. The SMILES string of the molecule is N#Cc1ccc2[nH]c(=S)n(CC3CCCCS3)c2c1. The summed E-state index contributed by atoms with van der Waals surface area (Å²) in [4.78, 5) is 3.23. The van der Waals surface area contributed by atoms with E-state index in [-0.39, 0.29) is 0 Å². The lowest BCUT2D eigenvalue weighted by atomic mass is 10.2. The first-order valence-electron chi connectivity index (χ1n) is 6.52. The molecule has 1 aliphatic heterocycles. The van der Waals surface area contributed by atoms with Gasteiger partial charge in [0.1, 0.15) is 0 Å². The Hall–Kier alpha value is -1.25. The quantitative estimate of drug-likeness (QED) is 0.854. The zero-order chi connectivity index (χ0) is 13.2. The molecule has 1 N–H and O–H groups in total. The summed E-state index contributed by atoms with van der Waals surface area (Å²) >= 11 is 7.46. The van der Waals surface area contributed by atoms with E-state index in [1.165, 1.54) is 25.0 Å². The summed E-state index contributed by atoms with van der Waals surface area (Å²) in [5, 5.41) is 9.66. The molecule has 0 aliphatic carbocycles. The van der Waals surface area contributed by atoms with Crippen LogP contribution in [0.1, 0.15) is 24.8 Å². The van der Waals surface area contributed by atoms with Crippen LogP contribution in [0.4, 0.5) is 0 Å². The Morgan fingerprint density at radius 2 is 2.37 bits per heavy atom. The number of nitriles is 1. The molecular formula is C14H15N3S2. The van der Waals surface area contributed by atoms with Crippen molar-refractivity contribution in [2.75, 3.05) is 5.75 Å². The van der Waals surface area contributed by atoms with Gasteiger partial charge in [0, 0.05) is 11.8 Å². The van der Waals surface area contributed by atoms with Crippen LogP contribution >= 0.6 is 24.0 Å². The maximum atomic E-state index is 9.02. The van der Waals surface area contributed by atoms with E-state index >= 15 is 0 Å². The molecule has 0 bridgehead atoms. The van der Waals surface area contributed by atoms with Crippen LogP contribution < -0.4 is 0 Å². The van der Waals surface area contributed by atoms with Crippen LogP contribution in [0.2, 0.25) is 0 Å². The van der Waals surface area contributed by atoms with E-state index < -0.39 is 0 Å². The highest BCUT2D eigenvalue weighted by molar-refractivity contribution is 7.99. The van der Waals surface area contributed by atoms with Crippen molar-refractivity contribution in [2.24, 2.45) is 0 Å². The molecule has 0 amide bonds. The summed E-state index contributed by atoms with van der Waals surface area (Å²) < 4.78 is 2.91. The second kappa shape index (κ2) is 5.40. The Kier molecular flexibility index (Phi) is 3.63. The number of hydrogen-bond donors (Lipinski definition) is 1. The van der Waals surface area contributed by atoms with Crippen LogP contribution in [0.25, 0.3) is 11.0 Å². The van der Waals surface area contributed by atoms with Gasteiger partial charge in [-0.2, -0.15) is 17.0 Å². The van der Waals surface area contributed by atoms with E-state index in [9.17, 15) is 0 Å². The number of benzene rings is 1. The summed E-state index contributed by atoms with van der Waals surface area (Å²) in [5.41, 5.74) is 2.76. The second-order valence-electron chi connectivity index (χ2n) is 4.87. The lowest BCUT2D eigenvalue weighted by Crippen LogP contribution is -2.17. The molecule has 0 radical (unpaired) electrons. The van der Waals surface area contributed by atoms with Gasteiger partial charge in [0.25, 0.3) is 0 Å². The van der Waals surface area contributed by atoms with Crippen molar-refractivity contribution in [1.29, 1.82) is 5.26 Å². The maximum Gasteiger partial charge on any atom is 0.178 e. The minimum atomic E-state index is 0.644. The fourth-order valence-electron chi connectivity index (χ4n) is 2.56. The number of hydrogen-bond acceptors (Lipinski definition) is 3. The Morgan fingerprint density at radius 3 is 3.11 bits per heavy atom. The van der Waals surface area contributed by atoms with Crippen LogP contribution in [0.5, 0.6) is 0 Å². The second-order valence-corrected chi connectivity index (χ2v) is 6.67. The molecular weight excluding hydrogens is 274 g/mol. The van der Waals surface area contributed by atoms with Gasteiger partial charge in [-0.3, -0.25) is 0 Å². The third-order valence-electron chi connectivity index (χ3n) is 3.56. The highest BCUT2D eigenvalue weighted by Crippen LogP contribution is 2.27. The highest BCUT2D eigenvalue weighted by atomic mass is 32.2. The molecule has 1 aliphatic rings. The van der Waals surface area contributed by atoms with Crippen molar-refractivity contribution in [3.05, 3.63) is 28.5 Å². The predicted octanol–water partition coefficient (Wildman–Crippen LogP) is 3.86. The van der Waals surface area contributed by atoms with Crippen molar-refractivity contribution in [3.63, 3.8) is 0 Å². The summed E-state index contributed by atoms with van der Waals surface area (Å²) in [6.45, 7) is 0.943. The average Bonchev–Trinajstić information content (AvgIpc) is 2.76. The zero-order valence-electron chi connectivity index (χ0n) is 10.6. The Balaban J connectivity index is 1.99. The van der Waals surface area contributed by atoms with Crippen LogP contribution in [-0.4, -0.2) is 20.6 Å². The number of aromatic nitrogens is 2. The normalized spacial score (nSPS) is 19.4. The fourth-order valence-corrected chi connectivity index (χ4v) is 4.13. The maximum absolute atomic E-state index is 9.02. The number of imidazole rings is 1. The third kappa shape index (κ3) is 2.56. The standard InChI is InChI=1S/C14H15N3S2/c15-8-10-4-5-12-13(7-10)17(14(18)16-12)9-11-3-1-2-6-19-11/h4-5,7,11H,1-3,6,9H2,(H,16,18). The van der Waals surface area contributed by atoms with E-state index in [1.807, 2.05) is 30.0 Å². The topological polar surface area (TPSA) is 44.5 Å². The number of rotatable bonds is 2. The van der Waals surface area contributed by atoms with Crippen molar-refractivity contribution >= 4 is 35.0 Å². The van der Waals surface area contributed by atoms with Gasteiger partial charge in [-0.25, -0.2) is 0 Å². The molecule has 1 atom stereocenters. The first-order chi connectivity index (χ1) is 9.28. The Bertz CT molecular complexity index is 687. The van der Waals surface area contributed by atoms with Crippen LogP contribution in [0, 0.1) is 16.1 Å². The molecule has 98 valence electrons. The van der Waals surface area contributed by atoms with Gasteiger partial charge in [-0.1, -0.05) is 6.42 Å². The van der Waals surface area contributed by atoms with E-state index in [0.29, 0.717) is 10.8 Å². The number of fused-ring (bicyclic) bond motifs is 1. The summed E-state index contributed by atoms with van der Waals surface area (Å²) in [5.74, 6) is 1.25. The van der Waals surface area contributed by atoms with Gasteiger partial charge < -0.3 is 9.55 Å². The van der Waals surface area contributed by atoms with Crippen LogP contribution in [0.3, 0.4) is 0 Å². The fraction of sp³-hybridized carbons (Fsp3) is 0.429. The van der Waals surface area contributed by atoms with Crippen LogP contribution in [0.15, 0.2) is 18.2 Å². The van der Waals surface area contributed by atoms with E-state index in [1.54, 1.807) is 0 Å². The predicted molar refractivity (Wildman–Crippen MR) is 81.9 cm³/mol. The van der Waals surface area contributed by atoms with Crippen molar-refractivity contribution in [1.82, 2.24) is 9.55 Å². The molecule has 0 spiro atoms. The average molecular weight is 289 g/mol. The van der Waals surface area contributed by atoms with E-state index in [4.69, 9.17) is 17.5 Å². The molecule has 1 fully saturated rings. The molecule has 1 aromatic heterocycles. The number of aromatic amines is 1. The van der Waals surface area contributed by atoms with Gasteiger partial charge in [0.2, 0.25) is 0 Å². The van der Waals surface area contributed by atoms with Crippen molar-refractivity contribution in [2.45, 2.75) is 31.1 Å². The molecule has 2 aromatic rings. The molecule has 3 rings (SSSR count). The minimum Gasteiger partial charge on any atom is -0.331 e. The van der Waals surface area contributed by atoms with Crippen LogP contribution in [-0.2, 0) is 6.54 Å².